The molecule has 2 aromatic rings. The van der Waals surface area contributed by atoms with E-state index < -0.39 is 0 Å². The van der Waals surface area contributed by atoms with E-state index in [-0.39, 0.29) is 6.04 Å². The molecule has 1 atom stereocenters. The molecule has 0 amide bonds. The summed E-state index contributed by atoms with van der Waals surface area (Å²) < 4.78 is 11.4. The molecular formula is C15H22N2O2. The Morgan fingerprint density at radius 1 is 1.16 bits per heavy atom. The van der Waals surface area contributed by atoms with Gasteiger partial charge < -0.3 is 14.6 Å². The minimum absolute atomic E-state index is 0.0747. The molecule has 0 aromatic carbocycles. The van der Waals surface area contributed by atoms with Crippen molar-refractivity contribution in [2.45, 2.75) is 32.9 Å². The van der Waals surface area contributed by atoms with Crippen molar-refractivity contribution in [1.29, 1.82) is 0 Å². The summed E-state index contributed by atoms with van der Waals surface area (Å²) in [4.78, 5) is 2.15. The third-order valence-corrected chi connectivity index (χ3v) is 3.32. The van der Waals surface area contributed by atoms with Gasteiger partial charge in [-0.05, 0) is 38.2 Å². The van der Waals surface area contributed by atoms with Crippen LogP contribution in [0.2, 0.25) is 0 Å². The van der Waals surface area contributed by atoms with E-state index in [0.29, 0.717) is 6.54 Å². The fourth-order valence-electron chi connectivity index (χ4n) is 2.20. The van der Waals surface area contributed by atoms with Crippen LogP contribution in [0.4, 0.5) is 0 Å². The van der Waals surface area contributed by atoms with Crippen molar-refractivity contribution >= 4 is 0 Å². The lowest BCUT2D eigenvalue weighted by Crippen LogP contribution is -2.29. The highest BCUT2D eigenvalue weighted by Crippen LogP contribution is 2.23. The highest BCUT2D eigenvalue weighted by atomic mass is 16.3. The predicted octanol–water partition coefficient (Wildman–Crippen LogP) is 2.88. The number of hydrogen-bond donors (Lipinski definition) is 1. The van der Waals surface area contributed by atoms with Crippen LogP contribution in [0.1, 0.15) is 36.0 Å². The Morgan fingerprint density at radius 2 is 1.89 bits per heavy atom. The van der Waals surface area contributed by atoms with E-state index in [4.69, 9.17) is 14.6 Å². The van der Waals surface area contributed by atoms with Gasteiger partial charge in [0.15, 0.2) is 0 Å². The number of nitrogens with two attached hydrogens (primary N) is 1. The van der Waals surface area contributed by atoms with Crippen molar-refractivity contribution in [1.82, 2.24) is 4.90 Å². The van der Waals surface area contributed by atoms with Crippen molar-refractivity contribution in [3.8, 4) is 0 Å². The van der Waals surface area contributed by atoms with Crippen molar-refractivity contribution in [2.75, 3.05) is 13.6 Å². The zero-order valence-corrected chi connectivity index (χ0v) is 11.8. The molecular weight excluding hydrogens is 240 g/mol. The van der Waals surface area contributed by atoms with Gasteiger partial charge in [0, 0.05) is 13.0 Å². The molecule has 2 N–H and O–H groups in total. The lowest BCUT2D eigenvalue weighted by Gasteiger charge is -2.24. The molecule has 0 bridgehead atoms. The van der Waals surface area contributed by atoms with Gasteiger partial charge in [0.05, 0.1) is 12.6 Å². The maximum atomic E-state index is 5.88. The largest absolute Gasteiger partial charge is 0.465 e. The van der Waals surface area contributed by atoms with E-state index in [9.17, 15) is 0 Å². The van der Waals surface area contributed by atoms with Crippen LogP contribution >= 0.6 is 0 Å². The van der Waals surface area contributed by atoms with E-state index >= 15 is 0 Å². The second-order valence-corrected chi connectivity index (χ2v) is 4.84. The predicted molar refractivity (Wildman–Crippen MR) is 74.8 cm³/mol. The standard InChI is InChI=1S/C15H22N2O2/c1-4-12-7-8-15(19-12)14(9-16)17(3)10-13-6-5-11(2)18-13/h5-8,14H,4,9-10,16H2,1-3H3. The SMILES string of the molecule is CCc1ccc(C(CN)N(C)Cc2ccc(C)o2)o1. The first kappa shape index (κ1) is 13.9. The van der Waals surface area contributed by atoms with Crippen LogP contribution in [0.25, 0.3) is 0 Å². The summed E-state index contributed by atoms with van der Waals surface area (Å²) >= 11 is 0. The molecule has 2 rings (SSSR count). The number of rotatable bonds is 6. The lowest BCUT2D eigenvalue weighted by atomic mass is 10.2. The lowest BCUT2D eigenvalue weighted by molar-refractivity contribution is 0.195. The van der Waals surface area contributed by atoms with Gasteiger partial charge >= 0.3 is 0 Å². The second-order valence-electron chi connectivity index (χ2n) is 4.84. The number of furan rings is 2. The topological polar surface area (TPSA) is 55.5 Å². The van der Waals surface area contributed by atoms with Gasteiger partial charge in [0.2, 0.25) is 0 Å². The molecule has 0 saturated carbocycles. The van der Waals surface area contributed by atoms with Crippen LogP contribution in [-0.4, -0.2) is 18.5 Å². The van der Waals surface area contributed by atoms with Gasteiger partial charge in [-0.1, -0.05) is 6.92 Å². The smallest absolute Gasteiger partial charge is 0.122 e. The maximum absolute atomic E-state index is 5.88. The Labute approximate surface area is 114 Å². The third kappa shape index (κ3) is 3.28. The van der Waals surface area contributed by atoms with Crippen LogP contribution in [0.5, 0.6) is 0 Å². The van der Waals surface area contributed by atoms with Gasteiger partial charge in [-0.25, -0.2) is 0 Å². The summed E-state index contributed by atoms with van der Waals surface area (Å²) in [6, 6.07) is 8.08. The summed E-state index contributed by atoms with van der Waals surface area (Å²) in [7, 11) is 2.03. The molecule has 0 saturated heterocycles. The first-order valence-corrected chi connectivity index (χ1v) is 6.68. The Hall–Kier alpha value is -1.52. The van der Waals surface area contributed by atoms with Crippen LogP contribution in [0, 0.1) is 6.92 Å². The molecule has 2 aromatic heterocycles. The van der Waals surface area contributed by atoms with Crippen molar-refractivity contribution in [3.63, 3.8) is 0 Å². The fraction of sp³-hybridized carbons (Fsp3) is 0.467. The minimum atomic E-state index is 0.0747. The molecule has 19 heavy (non-hydrogen) atoms. The average Bonchev–Trinajstić information content (AvgIpc) is 3.00. The monoisotopic (exact) mass is 262 g/mol. The van der Waals surface area contributed by atoms with Crippen molar-refractivity contribution in [3.05, 3.63) is 47.3 Å². The zero-order chi connectivity index (χ0) is 13.8. The van der Waals surface area contributed by atoms with Crippen molar-refractivity contribution < 1.29 is 8.83 Å². The van der Waals surface area contributed by atoms with E-state index in [1.54, 1.807) is 0 Å². The quantitative estimate of drug-likeness (QED) is 0.869. The maximum Gasteiger partial charge on any atom is 0.122 e. The summed E-state index contributed by atoms with van der Waals surface area (Å²) in [6.07, 6.45) is 0.901. The molecule has 4 nitrogen and oxygen atoms in total. The van der Waals surface area contributed by atoms with Gasteiger partial charge in [-0.3, -0.25) is 4.90 Å². The van der Waals surface area contributed by atoms with E-state index in [1.807, 2.05) is 38.2 Å². The van der Waals surface area contributed by atoms with Crippen LogP contribution in [0.3, 0.4) is 0 Å². The first-order valence-electron chi connectivity index (χ1n) is 6.68. The Bertz CT molecular complexity index is 516. The summed E-state index contributed by atoms with van der Waals surface area (Å²) in [5.74, 6) is 3.79. The van der Waals surface area contributed by atoms with Crippen molar-refractivity contribution in [2.24, 2.45) is 5.73 Å². The molecule has 0 aliphatic carbocycles. The molecule has 0 spiro atoms. The average molecular weight is 262 g/mol. The number of nitrogens with zero attached hydrogens (tertiary/aromatic N) is 1. The van der Waals surface area contributed by atoms with Crippen LogP contribution < -0.4 is 5.73 Å². The fourth-order valence-corrected chi connectivity index (χ4v) is 2.20. The molecule has 104 valence electrons. The van der Waals surface area contributed by atoms with E-state index in [1.165, 1.54) is 0 Å². The van der Waals surface area contributed by atoms with Crippen LogP contribution in [-0.2, 0) is 13.0 Å². The van der Waals surface area contributed by atoms with Gasteiger partial charge in [0.25, 0.3) is 0 Å². The second kappa shape index (κ2) is 6.08. The highest BCUT2D eigenvalue weighted by molar-refractivity contribution is 5.12. The van der Waals surface area contributed by atoms with E-state index in [0.717, 1.165) is 36.0 Å². The van der Waals surface area contributed by atoms with Gasteiger partial charge in [-0.15, -0.1) is 0 Å². The Morgan fingerprint density at radius 3 is 2.42 bits per heavy atom. The normalized spacial score (nSPS) is 13.1. The number of likely N-dealkylation sites (N-methyl/N-ethyl adjacent to an activating group) is 1. The van der Waals surface area contributed by atoms with E-state index in [2.05, 4.69) is 11.8 Å². The van der Waals surface area contributed by atoms with Gasteiger partial charge in [-0.2, -0.15) is 0 Å². The zero-order valence-electron chi connectivity index (χ0n) is 11.8. The third-order valence-electron chi connectivity index (χ3n) is 3.32. The first-order chi connectivity index (χ1) is 9.13. The molecule has 2 heterocycles. The summed E-state index contributed by atoms with van der Waals surface area (Å²) in [6.45, 7) is 5.27. The molecule has 0 radical (unpaired) electrons. The Balaban J connectivity index is 2.08. The molecule has 0 aliphatic rings. The minimum Gasteiger partial charge on any atom is -0.465 e. The Kier molecular flexibility index (Phi) is 4.45. The molecule has 1 unspecified atom stereocenters. The summed E-state index contributed by atoms with van der Waals surface area (Å²) in [5.41, 5.74) is 5.88. The van der Waals surface area contributed by atoms with Crippen LogP contribution in [0.15, 0.2) is 33.1 Å². The molecule has 0 aliphatic heterocycles. The molecule has 0 fully saturated rings. The summed E-state index contributed by atoms with van der Waals surface area (Å²) in [5, 5.41) is 0. The molecule has 4 heteroatoms. The highest BCUT2D eigenvalue weighted by Gasteiger charge is 2.20. The number of hydrogen-bond acceptors (Lipinski definition) is 4. The van der Waals surface area contributed by atoms with Gasteiger partial charge in [0.1, 0.15) is 23.0 Å². The number of aryl methyl sites for hydroxylation is 2.